The van der Waals surface area contributed by atoms with Crippen LogP contribution >= 0.6 is 11.6 Å². The fourth-order valence-electron chi connectivity index (χ4n) is 2.05. The Morgan fingerprint density at radius 3 is 2.24 bits per heavy atom. The molecule has 6 nitrogen and oxygen atoms in total. The van der Waals surface area contributed by atoms with E-state index in [0.29, 0.717) is 6.08 Å². The van der Waals surface area contributed by atoms with Crippen molar-refractivity contribution in [3.63, 3.8) is 0 Å². The molecule has 0 bridgehead atoms. The van der Waals surface area contributed by atoms with Crippen LogP contribution in [-0.2, 0) is 9.53 Å². The van der Waals surface area contributed by atoms with Crippen molar-refractivity contribution < 1.29 is 32.6 Å². The normalized spacial score (nSPS) is 12.6. The monoisotopic (exact) mass is 426 g/mol. The molecule has 2 aromatic rings. The molecular formula is C19H14ClF3N2O4. The summed E-state index contributed by atoms with van der Waals surface area (Å²) in [6, 6.07) is 11.3. The first-order valence-electron chi connectivity index (χ1n) is 7.95. The predicted octanol–water partition coefficient (Wildman–Crippen LogP) is 3.54. The first-order chi connectivity index (χ1) is 13.6. The molecule has 29 heavy (non-hydrogen) atoms. The van der Waals surface area contributed by atoms with Gasteiger partial charge in [0.2, 0.25) is 0 Å². The molecule has 0 heterocycles. The van der Waals surface area contributed by atoms with Crippen molar-refractivity contribution in [1.82, 2.24) is 0 Å². The quantitative estimate of drug-likeness (QED) is 0.432. The van der Waals surface area contributed by atoms with E-state index in [1.54, 1.807) is 12.1 Å². The third-order valence-electron chi connectivity index (χ3n) is 3.46. The van der Waals surface area contributed by atoms with Crippen molar-refractivity contribution >= 4 is 34.9 Å². The van der Waals surface area contributed by atoms with Crippen molar-refractivity contribution in [1.29, 1.82) is 0 Å². The zero-order valence-corrected chi connectivity index (χ0v) is 15.4. The van der Waals surface area contributed by atoms with Crippen molar-refractivity contribution in [2.75, 3.05) is 6.61 Å². The highest BCUT2D eigenvalue weighted by molar-refractivity contribution is 6.33. The van der Waals surface area contributed by atoms with Crippen LogP contribution in [0.25, 0.3) is 0 Å². The Morgan fingerprint density at radius 2 is 1.69 bits per heavy atom. The van der Waals surface area contributed by atoms with Gasteiger partial charge in [0.1, 0.15) is 12.3 Å². The molecule has 0 aliphatic carbocycles. The van der Waals surface area contributed by atoms with Gasteiger partial charge in [0.05, 0.1) is 22.0 Å². The maximum Gasteiger partial charge on any atom is 0.430 e. The molecule has 0 aliphatic heterocycles. The lowest BCUT2D eigenvalue weighted by atomic mass is 10.1. The largest absolute Gasteiger partial charge is 0.430 e. The number of esters is 2. The van der Waals surface area contributed by atoms with Crippen molar-refractivity contribution in [2.24, 2.45) is 10.7 Å². The summed E-state index contributed by atoms with van der Waals surface area (Å²) in [6.07, 6.45) is -4.12. The lowest BCUT2D eigenvalue weighted by Crippen LogP contribution is -2.21. The highest BCUT2D eigenvalue weighted by Crippen LogP contribution is 2.27. The Kier molecular flexibility index (Phi) is 7.13. The van der Waals surface area contributed by atoms with E-state index in [2.05, 4.69) is 9.73 Å². The van der Waals surface area contributed by atoms with Gasteiger partial charge < -0.3 is 15.6 Å². The minimum Gasteiger partial charge on any atom is -0.395 e. The summed E-state index contributed by atoms with van der Waals surface area (Å²) < 4.78 is 43.0. The summed E-state index contributed by atoms with van der Waals surface area (Å²) in [4.78, 5) is 26.9. The van der Waals surface area contributed by atoms with E-state index in [0.717, 1.165) is 0 Å². The van der Waals surface area contributed by atoms with Crippen LogP contribution in [0.1, 0.15) is 15.9 Å². The number of nitrogens with zero attached hydrogens (tertiary/aromatic N) is 1. The topological polar surface area (TPSA) is 102 Å². The van der Waals surface area contributed by atoms with Crippen LogP contribution in [0.5, 0.6) is 0 Å². The van der Waals surface area contributed by atoms with Crippen LogP contribution in [0.4, 0.5) is 18.9 Å². The maximum atomic E-state index is 12.9. The molecule has 0 fully saturated rings. The molecule has 10 heteroatoms. The van der Waals surface area contributed by atoms with Crippen molar-refractivity contribution in [3.8, 4) is 0 Å². The van der Waals surface area contributed by atoms with E-state index in [9.17, 15) is 22.8 Å². The molecule has 0 aliphatic rings. The molecule has 0 unspecified atom stereocenters. The molecular weight excluding hydrogens is 413 g/mol. The van der Waals surface area contributed by atoms with Gasteiger partial charge in [0.25, 0.3) is 0 Å². The molecule has 2 aromatic carbocycles. The summed E-state index contributed by atoms with van der Waals surface area (Å²) >= 11 is 6.02. The molecule has 0 radical (unpaired) electrons. The zero-order chi connectivity index (χ0) is 21.6. The Hall–Kier alpha value is -3.17. The smallest absolute Gasteiger partial charge is 0.395 e. The summed E-state index contributed by atoms with van der Waals surface area (Å²) in [6.45, 7) is -0.972. The van der Waals surface area contributed by atoms with E-state index >= 15 is 0 Å². The number of nitrogens with two attached hydrogens (primary N) is 1. The number of hydrogen-bond donors (Lipinski definition) is 2. The van der Waals surface area contributed by atoms with Gasteiger partial charge in [-0.25, -0.2) is 14.6 Å². The second-order valence-corrected chi connectivity index (χ2v) is 5.95. The number of aliphatic hydroxyl groups is 1. The first-order valence-corrected chi connectivity index (χ1v) is 8.33. The Morgan fingerprint density at radius 1 is 1.10 bits per heavy atom. The minimum absolute atomic E-state index is 0.0552. The average Bonchev–Trinajstić information content (AvgIpc) is 2.68. The fraction of sp³-hybridized carbons (Fsp3) is 0.105. The van der Waals surface area contributed by atoms with Crippen LogP contribution in [-0.4, -0.2) is 35.5 Å². The van der Waals surface area contributed by atoms with E-state index in [1.165, 1.54) is 36.4 Å². The molecule has 0 saturated carbocycles. The standard InChI is InChI=1S/C19H14ClF3N2O4/c20-13-3-1-2-4-14(13)25-15(9-16(24)19(21,22)23)11-5-7-12(8-6-11)18(28)29-17(27)10-26/h1-9,26H,10,24H2/b16-9-,25-15?. The van der Waals surface area contributed by atoms with E-state index in [4.69, 9.17) is 22.4 Å². The van der Waals surface area contributed by atoms with E-state index in [1.807, 2.05) is 0 Å². The number of aliphatic hydroxyl groups excluding tert-OH is 1. The molecule has 2 rings (SSSR count). The molecule has 0 amide bonds. The van der Waals surface area contributed by atoms with Gasteiger partial charge in [-0.1, -0.05) is 35.9 Å². The maximum absolute atomic E-state index is 12.9. The average molecular weight is 427 g/mol. The Balaban J connectivity index is 2.45. The van der Waals surface area contributed by atoms with Gasteiger partial charge in [-0.2, -0.15) is 13.2 Å². The van der Waals surface area contributed by atoms with E-state index < -0.39 is 30.4 Å². The summed E-state index contributed by atoms with van der Waals surface area (Å²) in [5, 5.41) is 8.81. The lowest BCUT2D eigenvalue weighted by Gasteiger charge is -2.09. The summed E-state index contributed by atoms with van der Waals surface area (Å²) in [7, 11) is 0. The predicted molar refractivity (Wildman–Crippen MR) is 99.9 cm³/mol. The minimum atomic E-state index is -4.77. The van der Waals surface area contributed by atoms with Crippen LogP contribution < -0.4 is 5.73 Å². The third kappa shape index (κ3) is 6.16. The van der Waals surface area contributed by atoms with Gasteiger partial charge in [-0.3, -0.25) is 0 Å². The molecule has 0 aromatic heterocycles. The molecule has 0 spiro atoms. The number of rotatable bonds is 5. The van der Waals surface area contributed by atoms with Gasteiger partial charge in [0, 0.05) is 5.56 Å². The van der Waals surface area contributed by atoms with Crippen molar-refractivity contribution in [2.45, 2.75) is 6.18 Å². The second-order valence-electron chi connectivity index (χ2n) is 5.54. The van der Waals surface area contributed by atoms with Gasteiger partial charge in [-0.15, -0.1) is 0 Å². The highest BCUT2D eigenvalue weighted by Gasteiger charge is 2.31. The number of benzene rings is 2. The summed E-state index contributed by atoms with van der Waals surface area (Å²) in [5.41, 5.74) is 3.94. The molecule has 0 saturated heterocycles. The van der Waals surface area contributed by atoms with Crippen molar-refractivity contribution in [3.05, 3.63) is 76.5 Å². The Labute approximate surface area is 168 Å². The van der Waals surface area contributed by atoms with E-state index in [-0.39, 0.29) is 27.5 Å². The van der Waals surface area contributed by atoms with Gasteiger partial charge in [-0.05, 0) is 30.3 Å². The second kappa shape index (κ2) is 9.35. The number of allylic oxidation sites excluding steroid dienone is 2. The Bertz CT molecular complexity index is 970. The number of ether oxygens (including phenoxy) is 1. The third-order valence-corrected chi connectivity index (χ3v) is 3.78. The summed E-state index contributed by atoms with van der Waals surface area (Å²) in [5.74, 6) is -2.16. The number of carbonyl (C=O) groups is 2. The molecule has 0 atom stereocenters. The number of aliphatic imine (C=N–C) groups is 1. The first kappa shape index (κ1) is 22.1. The molecule has 3 N–H and O–H groups in total. The lowest BCUT2D eigenvalue weighted by molar-refractivity contribution is -0.141. The number of halogens is 4. The van der Waals surface area contributed by atoms with Gasteiger partial charge in [0.15, 0.2) is 0 Å². The number of carbonyl (C=O) groups excluding carboxylic acids is 2. The number of para-hydroxylation sites is 1. The van der Waals surface area contributed by atoms with Crippen LogP contribution in [0, 0.1) is 0 Å². The molecule has 152 valence electrons. The van der Waals surface area contributed by atoms with Gasteiger partial charge >= 0.3 is 18.1 Å². The SMILES string of the molecule is N/C(=C\C(=Nc1ccccc1Cl)c1ccc(C(=O)OC(=O)CO)cc1)C(F)(F)F. The van der Waals surface area contributed by atoms with Crippen LogP contribution in [0.3, 0.4) is 0 Å². The fourth-order valence-corrected chi connectivity index (χ4v) is 2.23. The number of hydrogen-bond acceptors (Lipinski definition) is 6. The zero-order valence-electron chi connectivity index (χ0n) is 14.6. The highest BCUT2D eigenvalue weighted by atomic mass is 35.5. The number of alkyl halides is 3. The van der Waals surface area contributed by atoms with Crippen LogP contribution in [0.2, 0.25) is 5.02 Å². The van der Waals surface area contributed by atoms with Crippen LogP contribution in [0.15, 0.2) is 65.3 Å².